The molecular formula is C21H37N7O10. The van der Waals surface area contributed by atoms with E-state index in [4.69, 9.17) is 32.5 Å². The summed E-state index contributed by atoms with van der Waals surface area (Å²) in [6, 6.07) is -4.44. The number of hydrogen-bond donors (Lipinski definition) is 10. The van der Waals surface area contributed by atoms with Gasteiger partial charge in [0, 0.05) is 0 Å². The van der Waals surface area contributed by atoms with Gasteiger partial charge in [-0.2, -0.15) is 0 Å². The Kier molecular flexibility index (Phi) is 16.4. The van der Waals surface area contributed by atoms with E-state index >= 15 is 0 Å². The zero-order valence-corrected chi connectivity index (χ0v) is 21.0. The number of hydroxylamine groups is 1. The number of allylic oxidation sites excluding steroid dienone is 1. The van der Waals surface area contributed by atoms with E-state index in [9.17, 15) is 28.8 Å². The van der Waals surface area contributed by atoms with Crippen LogP contribution in [0.4, 0.5) is 0 Å². The quantitative estimate of drug-likeness (QED) is 0.0546. The fraction of sp³-hybridized carbons (Fsp3) is 0.619. The largest absolute Gasteiger partial charge is 0.481 e. The van der Waals surface area contributed by atoms with Gasteiger partial charge in [-0.25, -0.2) is 4.79 Å². The summed E-state index contributed by atoms with van der Waals surface area (Å²) in [5, 5.41) is 33.5. The molecule has 0 aliphatic rings. The standard InChI is InChI=1S/C21H37N7O10/c1-11(18(23)24)5-3-2-4-6-12(26-15(30)8-22)19(34)25-9-16(31)27-13(7-17(32)33)21(37)38-28-14(10-29)20(35)36/h12-14,28-29H,2-10,22-24H2,1H3,(H,25,34)(H,26,30)(H,27,31)(H,32,33)(H,35,36). The molecule has 0 aromatic rings. The Morgan fingerprint density at radius 3 is 2.05 bits per heavy atom. The highest BCUT2D eigenvalue weighted by atomic mass is 16.7. The van der Waals surface area contributed by atoms with Crippen molar-refractivity contribution in [1.29, 1.82) is 0 Å². The highest BCUT2D eigenvalue weighted by Crippen LogP contribution is 2.11. The van der Waals surface area contributed by atoms with Gasteiger partial charge in [0.15, 0.2) is 6.04 Å². The number of aliphatic carboxylic acids is 2. The van der Waals surface area contributed by atoms with Gasteiger partial charge in [0.2, 0.25) is 17.7 Å². The molecule has 17 heteroatoms. The Morgan fingerprint density at radius 1 is 0.895 bits per heavy atom. The van der Waals surface area contributed by atoms with Crippen molar-refractivity contribution in [2.24, 2.45) is 17.2 Å². The summed E-state index contributed by atoms with van der Waals surface area (Å²) in [5.41, 5.74) is 18.9. The average molecular weight is 548 g/mol. The maximum atomic E-state index is 12.6. The van der Waals surface area contributed by atoms with Gasteiger partial charge in [-0.05, 0) is 31.8 Å². The summed E-state index contributed by atoms with van der Waals surface area (Å²) in [6.45, 7) is -0.183. The third-order valence-electron chi connectivity index (χ3n) is 5.08. The van der Waals surface area contributed by atoms with Crippen LogP contribution in [-0.4, -0.2) is 88.8 Å². The number of hydrogen-bond acceptors (Lipinski definition) is 12. The first-order valence-electron chi connectivity index (χ1n) is 11.6. The predicted molar refractivity (Wildman–Crippen MR) is 130 cm³/mol. The number of carbonyl (C=O) groups excluding carboxylic acids is 4. The van der Waals surface area contributed by atoms with Gasteiger partial charge in [0.25, 0.3) is 0 Å². The first kappa shape index (κ1) is 34.0. The van der Waals surface area contributed by atoms with Gasteiger partial charge in [0.05, 0.1) is 31.9 Å². The average Bonchev–Trinajstić information content (AvgIpc) is 2.85. The number of aliphatic hydroxyl groups excluding tert-OH is 1. The second-order valence-corrected chi connectivity index (χ2v) is 8.21. The van der Waals surface area contributed by atoms with Crippen molar-refractivity contribution in [2.75, 3.05) is 19.7 Å². The van der Waals surface area contributed by atoms with Crippen LogP contribution < -0.4 is 38.6 Å². The van der Waals surface area contributed by atoms with Crippen LogP contribution in [0.5, 0.6) is 0 Å². The molecule has 0 fully saturated rings. The van der Waals surface area contributed by atoms with E-state index < -0.39 is 73.3 Å². The molecule has 0 radical (unpaired) electrons. The number of unbranched alkanes of at least 4 members (excludes halogenated alkanes) is 2. The highest BCUT2D eigenvalue weighted by molar-refractivity contribution is 5.92. The number of nitrogens with one attached hydrogen (secondary N) is 4. The normalized spacial score (nSPS) is 12.8. The van der Waals surface area contributed by atoms with Crippen molar-refractivity contribution in [3.63, 3.8) is 0 Å². The molecule has 13 N–H and O–H groups in total. The van der Waals surface area contributed by atoms with Crippen molar-refractivity contribution < 1.29 is 48.9 Å². The molecule has 216 valence electrons. The predicted octanol–water partition coefficient (Wildman–Crippen LogP) is -3.90. The molecule has 17 nitrogen and oxygen atoms in total. The summed E-state index contributed by atoms with van der Waals surface area (Å²) in [4.78, 5) is 75.0. The van der Waals surface area contributed by atoms with Gasteiger partial charge in [-0.3, -0.25) is 24.0 Å². The number of rotatable bonds is 19. The van der Waals surface area contributed by atoms with E-state index in [0.29, 0.717) is 19.3 Å². The molecule has 0 aromatic heterocycles. The van der Waals surface area contributed by atoms with E-state index in [1.807, 2.05) is 0 Å². The summed E-state index contributed by atoms with van der Waals surface area (Å²) < 4.78 is 0. The van der Waals surface area contributed by atoms with Gasteiger partial charge in [0.1, 0.15) is 12.1 Å². The number of amides is 3. The number of carbonyl (C=O) groups is 6. The summed E-state index contributed by atoms with van der Waals surface area (Å²) >= 11 is 0. The van der Waals surface area contributed by atoms with Crippen LogP contribution in [0.3, 0.4) is 0 Å². The lowest BCUT2D eigenvalue weighted by Gasteiger charge is -2.20. The minimum Gasteiger partial charge on any atom is -0.481 e. The minimum atomic E-state index is -1.75. The molecule has 0 spiro atoms. The molecule has 0 saturated carbocycles. The molecule has 0 aliphatic carbocycles. The second-order valence-electron chi connectivity index (χ2n) is 8.21. The van der Waals surface area contributed by atoms with Crippen LogP contribution in [0, 0.1) is 0 Å². The van der Waals surface area contributed by atoms with Crippen LogP contribution in [0.15, 0.2) is 11.4 Å². The lowest BCUT2D eigenvalue weighted by atomic mass is 10.0. The van der Waals surface area contributed by atoms with E-state index in [1.165, 1.54) is 0 Å². The van der Waals surface area contributed by atoms with Crippen LogP contribution in [0.2, 0.25) is 0 Å². The molecule has 0 rings (SSSR count). The van der Waals surface area contributed by atoms with Gasteiger partial charge in [-0.1, -0.05) is 12.8 Å². The van der Waals surface area contributed by atoms with E-state index in [0.717, 1.165) is 12.0 Å². The first-order valence-corrected chi connectivity index (χ1v) is 11.6. The van der Waals surface area contributed by atoms with E-state index in [-0.39, 0.29) is 18.8 Å². The van der Waals surface area contributed by atoms with E-state index in [1.54, 1.807) is 12.4 Å². The molecule has 3 atom stereocenters. The number of carboxylic acids is 2. The monoisotopic (exact) mass is 547 g/mol. The Balaban J connectivity index is 4.96. The van der Waals surface area contributed by atoms with Gasteiger partial charge in [-0.15, -0.1) is 5.48 Å². The van der Waals surface area contributed by atoms with Crippen LogP contribution in [-0.2, 0) is 33.6 Å². The number of nitrogens with two attached hydrogens (primary N) is 3. The summed E-state index contributed by atoms with van der Waals surface area (Å²) in [5.74, 6) is -6.41. The fourth-order valence-corrected chi connectivity index (χ4v) is 2.85. The molecule has 0 aliphatic heterocycles. The highest BCUT2D eigenvalue weighted by Gasteiger charge is 2.28. The maximum absolute atomic E-state index is 12.6. The first-order chi connectivity index (χ1) is 17.8. The van der Waals surface area contributed by atoms with Crippen LogP contribution in [0.25, 0.3) is 0 Å². The van der Waals surface area contributed by atoms with Crippen molar-refractivity contribution in [1.82, 2.24) is 21.4 Å². The molecule has 0 heterocycles. The minimum absolute atomic E-state index is 0.231. The topological polar surface area (TPSA) is 299 Å². The molecule has 38 heavy (non-hydrogen) atoms. The smallest absolute Gasteiger partial charge is 0.347 e. The van der Waals surface area contributed by atoms with Crippen molar-refractivity contribution in [3.05, 3.63) is 11.4 Å². The summed E-state index contributed by atoms with van der Waals surface area (Å²) in [7, 11) is 0. The third-order valence-corrected chi connectivity index (χ3v) is 5.08. The lowest BCUT2D eigenvalue weighted by molar-refractivity contribution is -0.164. The molecule has 0 saturated heterocycles. The molecule has 3 amide bonds. The number of carboxylic acid groups (broad SMARTS) is 2. The molecule has 0 aromatic carbocycles. The van der Waals surface area contributed by atoms with Crippen LogP contribution >= 0.6 is 0 Å². The third kappa shape index (κ3) is 14.6. The molecule has 3 unspecified atom stereocenters. The number of aliphatic hydroxyl groups is 1. The molecular weight excluding hydrogens is 510 g/mol. The van der Waals surface area contributed by atoms with Crippen molar-refractivity contribution >= 4 is 35.6 Å². The van der Waals surface area contributed by atoms with Crippen molar-refractivity contribution in [2.45, 2.75) is 63.6 Å². The van der Waals surface area contributed by atoms with E-state index in [2.05, 4.69) is 20.8 Å². The zero-order chi connectivity index (χ0) is 29.3. The van der Waals surface area contributed by atoms with Gasteiger partial charge < -0.3 is 53.3 Å². The fourth-order valence-electron chi connectivity index (χ4n) is 2.85. The second kappa shape index (κ2) is 18.3. The lowest BCUT2D eigenvalue weighted by Crippen LogP contribution is -2.52. The Morgan fingerprint density at radius 2 is 1.53 bits per heavy atom. The van der Waals surface area contributed by atoms with Crippen molar-refractivity contribution in [3.8, 4) is 0 Å². The zero-order valence-electron chi connectivity index (χ0n) is 21.0. The van der Waals surface area contributed by atoms with Crippen LogP contribution in [0.1, 0.15) is 45.4 Å². The SMILES string of the molecule is CC(CCCCCC(NC(=O)CN)C(=O)NCC(=O)NC(CC(=O)O)C(=O)ONC(CO)C(=O)O)=C(N)N. The Hall–Kier alpha value is -3.96. The van der Waals surface area contributed by atoms with Gasteiger partial charge >= 0.3 is 17.9 Å². The Bertz CT molecular complexity index is 876. The summed E-state index contributed by atoms with van der Waals surface area (Å²) in [6.07, 6.45) is 1.96. The Labute approximate surface area is 218 Å². The molecule has 0 bridgehead atoms. The maximum Gasteiger partial charge on any atom is 0.347 e.